The highest BCUT2D eigenvalue weighted by molar-refractivity contribution is 5.90. The molecule has 122 valence electrons. The highest BCUT2D eigenvalue weighted by Gasteiger charge is 2.33. The Labute approximate surface area is 130 Å². The molecule has 10 nitrogen and oxygen atoms in total. The number of H-pyrrole nitrogens is 2. The molecule has 1 atom stereocenters. The summed E-state index contributed by atoms with van der Waals surface area (Å²) in [5, 5.41) is 12.9. The Hall–Kier alpha value is -2.49. The third kappa shape index (κ3) is 3.02. The molecule has 1 aliphatic carbocycles. The number of hydrogen-bond donors (Lipinski definition) is 3. The zero-order valence-electron chi connectivity index (χ0n) is 12.4. The second-order valence-corrected chi connectivity index (χ2v) is 5.96. The van der Waals surface area contributed by atoms with Crippen molar-refractivity contribution < 1.29 is 9.32 Å². The van der Waals surface area contributed by atoms with E-state index < -0.39 is 0 Å². The average molecular weight is 319 g/mol. The van der Waals surface area contributed by atoms with Gasteiger partial charge in [-0.15, -0.1) is 0 Å². The summed E-state index contributed by atoms with van der Waals surface area (Å²) < 4.78 is 5.28. The molecule has 2 aromatic rings. The Kier molecular flexibility index (Phi) is 3.45. The summed E-state index contributed by atoms with van der Waals surface area (Å²) in [5.74, 6) is 0.782. The molecule has 0 aromatic carbocycles. The monoisotopic (exact) mass is 319 g/mol. The molecule has 1 saturated heterocycles. The highest BCUT2D eigenvalue weighted by Crippen LogP contribution is 2.31. The van der Waals surface area contributed by atoms with Gasteiger partial charge in [0, 0.05) is 6.04 Å². The number of rotatable bonds is 5. The van der Waals surface area contributed by atoms with Gasteiger partial charge in [0.2, 0.25) is 5.89 Å². The number of likely N-dealkylation sites (tertiary alicyclic amines) is 1. The molecule has 0 unspecified atom stereocenters. The van der Waals surface area contributed by atoms with Crippen molar-refractivity contribution in [2.75, 3.05) is 6.54 Å². The highest BCUT2D eigenvalue weighted by atomic mass is 16.5. The largest absolute Gasteiger partial charge is 0.346 e. The maximum Gasteiger partial charge on any atom is 0.340 e. The fourth-order valence-electron chi connectivity index (χ4n) is 2.81. The van der Waals surface area contributed by atoms with Crippen LogP contribution in [0.3, 0.4) is 0 Å². The second-order valence-electron chi connectivity index (χ2n) is 5.96. The van der Waals surface area contributed by atoms with E-state index in [1.54, 1.807) is 0 Å². The minimum Gasteiger partial charge on any atom is -0.346 e. The first-order chi connectivity index (χ1) is 11.2. The van der Waals surface area contributed by atoms with Crippen LogP contribution in [0.25, 0.3) is 0 Å². The van der Waals surface area contributed by atoms with E-state index in [9.17, 15) is 9.59 Å². The molecule has 2 aromatic heterocycles. The van der Waals surface area contributed by atoms with Crippen molar-refractivity contribution in [2.24, 2.45) is 0 Å². The van der Waals surface area contributed by atoms with Gasteiger partial charge in [-0.05, 0) is 32.2 Å². The number of hydrogen-bond acceptors (Lipinski definition) is 7. The summed E-state index contributed by atoms with van der Waals surface area (Å²) >= 11 is 0. The van der Waals surface area contributed by atoms with E-state index in [0.717, 1.165) is 32.2 Å². The molecule has 2 aliphatic rings. The number of carbonyl (C=O) groups is 1. The predicted molar refractivity (Wildman–Crippen MR) is 76.4 cm³/mol. The van der Waals surface area contributed by atoms with Gasteiger partial charge in [-0.1, -0.05) is 5.16 Å². The lowest BCUT2D eigenvalue weighted by Crippen LogP contribution is -2.27. The number of amides is 1. The number of aromatic nitrogens is 5. The van der Waals surface area contributed by atoms with E-state index in [1.807, 2.05) is 0 Å². The normalized spacial score (nSPS) is 21.7. The Bertz CT molecular complexity index is 759. The lowest BCUT2D eigenvalue weighted by Gasteiger charge is -2.19. The van der Waals surface area contributed by atoms with Gasteiger partial charge in [-0.3, -0.25) is 14.7 Å². The van der Waals surface area contributed by atoms with Gasteiger partial charge in [-0.2, -0.15) is 10.1 Å². The van der Waals surface area contributed by atoms with E-state index in [-0.39, 0.29) is 29.5 Å². The summed E-state index contributed by atoms with van der Waals surface area (Å²) in [6, 6.07) is 0.189. The predicted octanol–water partition coefficient (Wildman–Crippen LogP) is -0.290. The van der Waals surface area contributed by atoms with Gasteiger partial charge in [0.05, 0.1) is 12.6 Å². The van der Waals surface area contributed by atoms with Gasteiger partial charge in [0.1, 0.15) is 5.82 Å². The maximum absolute atomic E-state index is 11.9. The fourth-order valence-corrected chi connectivity index (χ4v) is 2.81. The molecule has 23 heavy (non-hydrogen) atoms. The van der Waals surface area contributed by atoms with Crippen molar-refractivity contribution in [3.63, 3.8) is 0 Å². The summed E-state index contributed by atoms with van der Waals surface area (Å²) in [6.07, 6.45) is 3.86. The van der Waals surface area contributed by atoms with E-state index in [0.29, 0.717) is 18.3 Å². The van der Waals surface area contributed by atoms with Crippen LogP contribution in [0.15, 0.2) is 9.32 Å². The van der Waals surface area contributed by atoms with Crippen molar-refractivity contribution in [2.45, 2.75) is 44.3 Å². The first-order valence-electron chi connectivity index (χ1n) is 7.71. The number of nitrogens with zero attached hydrogens (tertiary/aromatic N) is 4. The van der Waals surface area contributed by atoms with Gasteiger partial charge >= 0.3 is 5.69 Å². The van der Waals surface area contributed by atoms with E-state index in [1.165, 1.54) is 0 Å². The Morgan fingerprint density at radius 1 is 1.39 bits per heavy atom. The topological polar surface area (TPSA) is 133 Å². The lowest BCUT2D eigenvalue weighted by molar-refractivity contribution is 0.0937. The standard InChI is InChI=1S/C13H17N7O3/c21-11(14-7-3-4-7)10-16-12(23-19-10)8-2-1-5-20(8)6-9-15-13(22)18-17-9/h7-8H,1-6H2,(H,14,21)(H2,15,17,18,22)/t8-/m1/s1. The average Bonchev–Trinajstić information content (AvgIpc) is 2.96. The van der Waals surface area contributed by atoms with Crippen LogP contribution in [0, 0.1) is 0 Å². The fraction of sp³-hybridized carbons (Fsp3) is 0.615. The minimum absolute atomic E-state index is 0.0647. The Morgan fingerprint density at radius 2 is 2.26 bits per heavy atom. The van der Waals surface area contributed by atoms with Crippen LogP contribution in [-0.4, -0.2) is 48.7 Å². The first kappa shape index (κ1) is 14.1. The zero-order chi connectivity index (χ0) is 15.8. The molecule has 2 fully saturated rings. The first-order valence-corrected chi connectivity index (χ1v) is 7.71. The van der Waals surface area contributed by atoms with Crippen LogP contribution in [0.2, 0.25) is 0 Å². The zero-order valence-corrected chi connectivity index (χ0v) is 12.4. The number of carbonyl (C=O) groups excluding carboxylic acids is 1. The lowest BCUT2D eigenvalue weighted by atomic mass is 10.2. The summed E-state index contributed by atoms with van der Waals surface area (Å²) in [6.45, 7) is 1.32. The van der Waals surface area contributed by atoms with E-state index in [4.69, 9.17) is 4.52 Å². The molecule has 1 aliphatic heterocycles. The molecule has 0 spiro atoms. The third-order valence-corrected chi connectivity index (χ3v) is 4.11. The van der Waals surface area contributed by atoms with Crippen LogP contribution in [-0.2, 0) is 6.54 Å². The SMILES string of the molecule is O=C(NC1CC1)c1noc([C@H]2CCCN2Cc2n[nH]c(=O)[nH]2)n1. The molecule has 0 bridgehead atoms. The molecule has 1 amide bonds. The minimum atomic E-state index is -0.326. The van der Waals surface area contributed by atoms with Gasteiger partial charge in [-0.25, -0.2) is 9.89 Å². The van der Waals surface area contributed by atoms with Crippen LogP contribution in [0.5, 0.6) is 0 Å². The quantitative estimate of drug-likeness (QED) is 0.689. The summed E-state index contributed by atoms with van der Waals surface area (Å²) in [5.41, 5.74) is -0.326. The second kappa shape index (κ2) is 5.61. The summed E-state index contributed by atoms with van der Waals surface area (Å²) in [4.78, 5) is 32.0. The molecule has 10 heteroatoms. The van der Waals surface area contributed by atoms with Crippen molar-refractivity contribution in [3.05, 3.63) is 28.0 Å². The third-order valence-electron chi connectivity index (χ3n) is 4.11. The van der Waals surface area contributed by atoms with Crippen LogP contribution < -0.4 is 11.0 Å². The molecule has 4 rings (SSSR count). The van der Waals surface area contributed by atoms with Crippen molar-refractivity contribution >= 4 is 5.91 Å². The van der Waals surface area contributed by atoms with Gasteiger partial charge < -0.3 is 9.84 Å². The smallest absolute Gasteiger partial charge is 0.340 e. The van der Waals surface area contributed by atoms with E-state index >= 15 is 0 Å². The molecular formula is C13H17N7O3. The number of aromatic amines is 2. The number of nitrogens with one attached hydrogen (secondary N) is 3. The Morgan fingerprint density at radius 3 is 3.00 bits per heavy atom. The van der Waals surface area contributed by atoms with Crippen LogP contribution in [0.4, 0.5) is 0 Å². The maximum atomic E-state index is 11.9. The van der Waals surface area contributed by atoms with Crippen molar-refractivity contribution in [3.8, 4) is 0 Å². The molecule has 3 heterocycles. The molecule has 1 saturated carbocycles. The van der Waals surface area contributed by atoms with Crippen LogP contribution in [0.1, 0.15) is 54.1 Å². The molecular weight excluding hydrogens is 302 g/mol. The van der Waals surface area contributed by atoms with Gasteiger partial charge in [0.15, 0.2) is 0 Å². The summed E-state index contributed by atoms with van der Waals surface area (Å²) in [7, 11) is 0. The Balaban J connectivity index is 1.46. The van der Waals surface area contributed by atoms with Crippen molar-refractivity contribution in [1.29, 1.82) is 0 Å². The molecule has 0 radical (unpaired) electrons. The van der Waals surface area contributed by atoms with E-state index in [2.05, 4.69) is 35.5 Å². The van der Waals surface area contributed by atoms with Gasteiger partial charge in [0.25, 0.3) is 11.7 Å². The van der Waals surface area contributed by atoms with Crippen molar-refractivity contribution in [1.82, 2.24) is 35.5 Å². The van der Waals surface area contributed by atoms with Crippen LogP contribution >= 0.6 is 0 Å². The molecule has 3 N–H and O–H groups in total.